The highest BCUT2D eigenvalue weighted by Gasteiger charge is 2.33. The van der Waals surface area contributed by atoms with Crippen LogP contribution in [0.2, 0.25) is 0 Å². The van der Waals surface area contributed by atoms with Gasteiger partial charge in [0.2, 0.25) is 0 Å². The number of hydrogen-bond acceptors (Lipinski definition) is 4. The Labute approximate surface area is 211 Å². The summed E-state index contributed by atoms with van der Waals surface area (Å²) >= 11 is 0. The van der Waals surface area contributed by atoms with Crippen LogP contribution < -0.4 is 10.6 Å². The van der Waals surface area contributed by atoms with Crippen LogP contribution in [0.25, 0.3) is 0 Å². The Morgan fingerprint density at radius 3 is 2.43 bits per heavy atom. The van der Waals surface area contributed by atoms with E-state index in [1.165, 1.54) is 52.1 Å². The van der Waals surface area contributed by atoms with E-state index in [2.05, 4.69) is 29.7 Å². The highest BCUT2D eigenvalue weighted by Crippen LogP contribution is 2.31. The molecule has 6 nitrogen and oxygen atoms in total. The summed E-state index contributed by atoms with van der Waals surface area (Å²) in [6.07, 6.45) is 17.6. The van der Waals surface area contributed by atoms with Crippen LogP contribution in [0.4, 0.5) is 4.79 Å². The minimum Gasteiger partial charge on any atom is -0.466 e. The first-order valence-corrected chi connectivity index (χ1v) is 13.1. The summed E-state index contributed by atoms with van der Waals surface area (Å²) in [6.45, 7) is 3.97. The van der Waals surface area contributed by atoms with Crippen molar-refractivity contribution in [1.29, 1.82) is 0 Å². The quantitative estimate of drug-likeness (QED) is 0.159. The lowest BCUT2D eigenvalue weighted by molar-refractivity contribution is -0.136. The van der Waals surface area contributed by atoms with Crippen LogP contribution >= 0.6 is 0 Å². The molecule has 1 aliphatic heterocycles. The van der Waals surface area contributed by atoms with E-state index >= 15 is 0 Å². The van der Waals surface area contributed by atoms with Crippen LogP contribution in [-0.4, -0.2) is 32.3 Å². The van der Waals surface area contributed by atoms with E-state index in [1.54, 1.807) is 14.0 Å². The van der Waals surface area contributed by atoms with Crippen molar-refractivity contribution < 1.29 is 19.1 Å². The fourth-order valence-corrected chi connectivity index (χ4v) is 4.60. The molecule has 2 unspecified atom stereocenters. The summed E-state index contributed by atoms with van der Waals surface area (Å²) in [7, 11) is 3.10. The summed E-state index contributed by atoms with van der Waals surface area (Å²) in [6, 6.07) is 7.02. The number of carbonyl (C=O) groups excluding carboxylic acids is 2. The predicted molar refractivity (Wildman–Crippen MR) is 141 cm³/mol. The van der Waals surface area contributed by atoms with Gasteiger partial charge in [-0.25, -0.2) is 9.59 Å². The Balaban J connectivity index is 1.92. The molecule has 0 saturated heterocycles. The molecule has 194 valence electrons. The van der Waals surface area contributed by atoms with Gasteiger partial charge in [-0.2, -0.15) is 0 Å². The van der Waals surface area contributed by atoms with Gasteiger partial charge in [-0.3, -0.25) is 0 Å². The van der Waals surface area contributed by atoms with Crippen LogP contribution in [0.1, 0.15) is 95.2 Å². The van der Waals surface area contributed by atoms with Crippen molar-refractivity contribution in [2.75, 3.05) is 14.2 Å². The van der Waals surface area contributed by atoms with E-state index in [9.17, 15) is 9.59 Å². The lowest BCUT2D eigenvalue weighted by Gasteiger charge is -2.29. The minimum absolute atomic E-state index is 0.0622. The maximum Gasteiger partial charge on any atom is 0.337 e. The highest BCUT2D eigenvalue weighted by molar-refractivity contribution is 5.95. The van der Waals surface area contributed by atoms with Crippen molar-refractivity contribution >= 4 is 12.0 Å². The van der Waals surface area contributed by atoms with Gasteiger partial charge in [-0.1, -0.05) is 75.4 Å². The standard InChI is InChI=1S/C29H44N2O4/c1-5-6-7-8-9-10-11-12-13-14-15-19-24(34-3)21-23-18-16-17-20-25(23)27-26(28(32)35-4)22(2)30-29(33)31-27/h12-13,16-18,20,24,27H,5-11,14-15,19,21H2,1-4H3,(H2,30,31,33). The number of ether oxygens (including phenoxy) is 2. The Morgan fingerprint density at radius 1 is 1.03 bits per heavy atom. The van der Waals surface area contributed by atoms with Crippen LogP contribution in [0.15, 0.2) is 47.7 Å². The Kier molecular flexibility index (Phi) is 13.2. The molecule has 0 radical (unpaired) electrons. The average Bonchev–Trinajstić information content (AvgIpc) is 2.86. The number of rotatable bonds is 16. The maximum absolute atomic E-state index is 12.5. The number of methoxy groups -OCH3 is 2. The molecule has 2 N–H and O–H groups in total. The van der Waals surface area contributed by atoms with E-state index in [0.29, 0.717) is 17.7 Å². The Bertz CT molecular complexity index is 862. The fourth-order valence-electron chi connectivity index (χ4n) is 4.60. The van der Waals surface area contributed by atoms with E-state index in [0.717, 1.165) is 30.4 Å². The molecule has 0 saturated carbocycles. The zero-order chi connectivity index (χ0) is 25.5. The molecule has 1 aromatic carbocycles. The minimum atomic E-state index is -0.560. The maximum atomic E-state index is 12.5. The largest absolute Gasteiger partial charge is 0.466 e. The lowest BCUT2D eigenvalue weighted by Crippen LogP contribution is -2.45. The zero-order valence-corrected chi connectivity index (χ0v) is 22.0. The third-order valence-corrected chi connectivity index (χ3v) is 6.61. The summed E-state index contributed by atoms with van der Waals surface area (Å²) in [4.78, 5) is 24.7. The van der Waals surface area contributed by atoms with Gasteiger partial charge in [0.1, 0.15) is 0 Å². The molecule has 0 spiro atoms. The van der Waals surface area contributed by atoms with E-state index in [1.807, 2.05) is 24.3 Å². The number of allylic oxidation sites excluding steroid dienone is 3. The molecule has 0 fully saturated rings. The number of nitrogens with one attached hydrogen (secondary N) is 2. The molecular formula is C29H44N2O4. The summed E-state index contributed by atoms with van der Waals surface area (Å²) in [5.74, 6) is -0.453. The molecule has 1 aromatic rings. The van der Waals surface area contributed by atoms with Gasteiger partial charge in [0, 0.05) is 12.8 Å². The van der Waals surface area contributed by atoms with Crippen molar-refractivity contribution in [1.82, 2.24) is 10.6 Å². The number of benzene rings is 1. The monoisotopic (exact) mass is 484 g/mol. The van der Waals surface area contributed by atoms with Gasteiger partial charge in [0.15, 0.2) is 0 Å². The average molecular weight is 485 g/mol. The first-order valence-electron chi connectivity index (χ1n) is 13.1. The Morgan fingerprint density at radius 2 is 1.71 bits per heavy atom. The number of carbonyl (C=O) groups is 2. The smallest absolute Gasteiger partial charge is 0.337 e. The highest BCUT2D eigenvalue weighted by atomic mass is 16.5. The first-order chi connectivity index (χ1) is 17.0. The topological polar surface area (TPSA) is 76.7 Å². The SMILES string of the molecule is CCCCCCCCC=CCCCC(Cc1ccccc1C1NC(=O)NC(C)=C1C(=O)OC)OC. The van der Waals surface area contributed by atoms with E-state index < -0.39 is 12.0 Å². The van der Waals surface area contributed by atoms with Gasteiger partial charge >= 0.3 is 12.0 Å². The summed E-state index contributed by atoms with van der Waals surface area (Å²) in [5.41, 5.74) is 2.88. The van der Waals surface area contributed by atoms with Crippen LogP contribution in [0.3, 0.4) is 0 Å². The molecule has 1 aliphatic rings. The van der Waals surface area contributed by atoms with E-state index in [-0.39, 0.29) is 12.1 Å². The third-order valence-electron chi connectivity index (χ3n) is 6.61. The van der Waals surface area contributed by atoms with Gasteiger partial charge in [-0.05, 0) is 56.6 Å². The molecule has 0 aliphatic carbocycles. The Hall–Kier alpha value is -2.60. The van der Waals surface area contributed by atoms with Gasteiger partial charge in [0.05, 0.1) is 24.8 Å². The van der Waals surface area contributed by atoms with Crippen molar-refractivity contribution in [2.24, 2.45) is 0 Å². The normalized spacial score (nSPS) is 16.8. The number of esters is 1. The zero-order valence-electron chi connectivity index (χ0n) is 22.0. The fraction of sp³-hybridized carbons (Fsp3) is 0.586. The van der Waals surface area contributed by atoms with Crippen molar-refractivity contribution in [3.05, 3.63) is 58.8 Å². The molecule has 1 heterocycles. The number of urea groups is 1. The number of hydrogen-bond donors (Lipinski definition) is 2. The molecular weight excluding hydrogens is 440 g/mol. The van der Waals surface area contributed by atoms with Crippen LogP contribution in [0.5, 0.6) is 0 Å². The number of amides is 2. The molecule has 2 atom stereocenters. The molecule has 2 rings (SSSR count). The predicted octanol–water partition coefficient (Wildman–Crippen LogP) is 6.52. The van der Waals surface area contributed by atoms with Crippen LogP contribution in [-0.2, 0) is 20.7 Å². The van der Waals surface area contributed by atoms with Crippen molar-refractivity contribution in [3.63, 3.8) is 0 Å². The number of unbranched alkanes of at least 4 members (excludes halogenated alkanes) is 7. The second-order valence-electron chi connectivity index (χ2n) is 9.28. The van der Waals surface area contributed by atoms with Gasteiger partial charge in [0.25, 0.3) is 0 Å². The van der Waals surface area contributed by atoms with E-state index in [4.69, 9.17) is 9.47 Å². The molecule has 6 heteroatoms. The van der Waals surface area contributed by atoms with Crippen molar-refractivity contribution in [3.8, 4) is 0 Å². The molecule has 0 bridgehead atoms. The lowest BCUT2D eigenvalue weighted by atomic mass is 9.89. The third kappa shape index (κ3) is 9.52. The summed E-state index contributed by atoms with van der Waals surface area (Å²) < 4.78 is 10.8. The van der Waals surface area contributed by atoms with Gasteiger partial charge in [-0.15, -0.1) is 0 Å². The second-order valence-corrected chi connectivity index (χ2v) is 9.28. The first kappa shape index (κ1) is 28.6. The summed E-state index contributed by atoms with van der Waals surface area (Å²) in [5, 5.41) is 5.57. The van der Waals surface area contributed by atoms with Crippen molar-refractivity contribution in [2.45, 2.75) is 96.6 Å². The molecule has 35 heavy (non-hydrogen) atoms. The van der Waals surface area contributed by atoms with Gasteiger partial charge < -0.3 is 20.1 Å². The molecule has 2 amide bonds. The molecule has 0 aromatic heterocycles. The second kappa shape index (κ2) is 16.1. The van der Waals surface area contributed by atoms with Crippen LogP contribution in [0, 0.1) is 0 Å².